The van der Waals surface area contributed by atoms with Crippen LogP contribution in [0.3, 0.4) is 0 Å². The molecule has 1 saturated heterocycles. The van der Waals surface area contributed by atoms with Gasteiger partial charge in [-0.3, -0.25) is 4.90 Å². The second kappa shape index (κ2) is 6.81. The smallest absolute Gasteiger partial charge is 0.320 e. The lowest BCUT2D eigenvalue weighted by atomic mass is 10.2. The monoisotopic (exact) mass is 242 g/mol. The summed E-state index contributed by atoms with van der Waals surface area (Å²) >= 11 is 0. The zero-order valence-electron chi connectivity index (χ0n) is 11.4. The summed E-state index contributed by atoms with van der Waals surface area (Å²) in [5, 5.41) is 0. The number of hydrogen-bond donors (Lipinski definition) is 1. The molecule has 1 atom stereocenters. The topological polar surface area (TPSA) is 52.8 Å². The van der Waals surface area contributed by atoms with Crippen molar-refractivity contribution in [3.63, 3.8) is 0 Å². The molecule has 2 amide bonds. The van der Waals surface area contributed by atoms with Crippen LogP contribution in [-0.2, 0) is 0 Å². The first-order valence-electron chi connectivity index (χ1n) is 6.61. The van der Waals surface area contributed by atoms with Crippen molar-refractivity contribution in [3.05, 3.63) is 0 Å². The fourth-order valence-corrected chi connectivity index (χ4v) is 2.20. The molecule has 1 fully saturated rings. The normalized spacial score (nSPS) is 19.2. The molecule has 1 aliphatic heterocycles. The van der Waals surface area contributed by atoms with E-state index < -0.39 is 0 Å². The molecule has 5 nitrogen and oxygen atoms in total. The maximum atomic E-state index is 12.1. The number of nitrogens with zero attached hydrogens (tertiary/aromatic N) is 3. The van der Waals surface area contributed by atoms with Gasteiger partial charge in [-0.05, 0) is 20.8 Å². The lowest BCUT2D eigenvalue weighted by molar-refractivity contribution is 0.0985. The summed E-state index contributed by atoms with van der Waals surface area (Å²) < 4.78 is 0. The molecule has 17 heavy (non-hydrogen) atoms. The number of urea groups is 1. The molecule has 0 spiro atoms. The minimum absolute atomic E-state index is 0.176. The van der Waals surface area contributed by atoms with Crippen LogP contribution in [0.5, 0.6) is 0 Å². The molecule has 0 aliphatic carbocycles. The summed E-state index contributed by atoms with van der Waals surface area (Å²) in [4.78, 5) is 18.3. The molecular weight excluding hydrogens is 216 g/mol. The fourth-order valence-electron chi connectivity index (χ4n) is 2.20. The van der Waals surface area contributed by atoms with Crippen LogP contribution in [-0.4, -0.2) is 72.6 Å². The van der Waals surface area contributed by atoms with E-state index in [0.29, 0.717) is 12.6 Å². The van der Waals surface area contributed by atoms with Gasteiger partial charge in [0.2, 0.25) is 0 Å². The van der Waals surface area contributed by atoms with E-state index in [1.807, 2.05) is 23.6 Å². The second-order valence-corrected chi connectivity index (χ2v) is 4.56. The van der Waals surface area contributed by atoms with Gasteiger partial charge in [0.15, 0.2) is 0 Å². The zero-order valence-corrected chi connectivity index (χ0v) is 11.4. The van der Waals surface area contributed by atoms with E-state index in [0.717, 1.165) is 39.3 Å². The van der Waals surface area contributed by atoms with Crippen LogP contribution < -0.4 is 5.73 Å². The van der Waals surface area contributed by atoms with Gasteiger partial charge in [-0.2, -0.15) is 0 Å². The van der Waals surface area contributed by atoms with Crippen LogP contribution in [0.2, 0.25) is 0 Å². The van der Waals surface area contributed by atoms with Crippen LogP contribution in [0.4, 0.5) is 4.79 Å². The van der Waals surface area contributed by atoms with Crippen LogP contribution in [0.25, 0.3) is 0 Å². The van der Waals surface area contributed by atoms with Crippen molar-refractivity contribution in [2.75, 3.05) is 45.8 Å². The molecule has 1 rings (SSSR count). The lowest BCUT2D eigenvalue weighted by Gasteiger charge is -2.39. The lowest BCUT2D eigenvalue weighted by Crippen LogP contribution is -2.55. The number of carbonyl (C=O) groups is 1. The Morgan fingerprint density at radius 2 is 1.76 bits per heavy atom. The molecule has 2 N–H and O–H groups in total. The van der Waals surface area contributed by atoms with Crippen LogP contribution >= 0.6 is 0 Å². The predicted octanol–water partition coefficient (Wildman–Crippen LogP) is 0.413. The molecule has 1 heterocycles. The predicted molar refractivity (Wildman–Crippen MR) is 70.0 cm³/mol. The van der Waals surface area contributed by atoms with E-state index in [1.165, 1.54) is 0 Å². The number of amides is 2. The van der Waals surface area contributed by atoms with Gasteiger partial charge in [0.25, 0.3) is 0 Å². The Hall–Kier alpha value is -0.810. The first kappa shape index (κ1) is 14.3. The summed E-state index contributed by atoms with van der Waals surface area (Å²) in [7, 11) is 0. The minimum Gasteiger partial charge on any atom is -0.329 e. The Labute approximate surface area is 105 Å². The van der Waals surface area contributed by atoms with Gasteiger partial charge >= 0.3 is 6.03 Å². The van der Waals surface area contributed by atoms with Crippen molar-refractivity contribution in [1.29, 1.82) is 0 Å². The van der Waals surface area contributed by atoms with Crippen molar-refractivity contribution in [1.82, 2.24) is 14.7 Å². The van der Waals surface area contributed by atoms with Crippen LogP contribution in [0.15, 0.2) is 0 Å². The maximum absolute atomic E-state index is 12.1. The van der Waals surface area contributed by atoms with Gasteiger partial charge in [-0.25, -0.2) is 4.79 Å². The number of carbonyl (C=O) groups excluding carboxylic acids is 1. The number of nitrogens with two attached hydrogens (primary N) is 1. The highest BCUT2D eigenvalue weighted by atomic mass is 16.2. The van der Waals surface area contributed by atoms with Crippen LogP contribution in [0.1, 0.15) is 20.8 Å². The molecular formula is C12H26N4O. The van der Waals surface area contributed by atoms with Gasteiger partial charge in [-0.1, -0.05) is 0 Å². The Balaban J connectivity index is 2.43. The molecule has 0 aromatic rings. The third kappa shape index (κ3) is 3.57. The van der Waals surface area contributed by atoms with E-state index in [9.17, 15) is 4.79 Å². The SMILES string of the molecule is CCN(CC)C(=O)N1CCN(C(C)CN)CC1. The number of hydrogen-bond acceptors (Lipinski definition) is 3. The molecule has 0 radical (unpaired) electrons. The van der Waals surface area contributed by atoms with Crippen LogP contribution in [0, 0.1) is 0 Å². The quantitative estimate of drug-likeness (QED) is 0.777. The van der Waals surface area contributed by atoms with E-state index in [1.54, 1.807) is 0 Å². The van der Waals surface area contributed by atoms with Gasteiger partial charge in [0.1, 0.15) is 0 Å². The van der Waals surface area contributed by atoms with Gasteiger partial charge in [0.05, 0.1) is 0 Å². The molecule has 1 aliphatic rings. The van der Waals surface area contributed by atoms with Gasteiger partial charge in [0, 0.05) is 51.9 Å². The number of piperazine rings is 1. The highest BCUT2D eigenvalue weighted by molar-refractivity contribution is 5.74. The van der Waals surface area contributed by atoms with Crippen molar-refractivity contribution in [2.45, 2.75) is 26.8 Å². The number of rotatable bonds is 4. The van der Waals surface area contributed by atoms with E-state index in [4.69, 9.17) is 5.73 Å². The average Bonchev–Trinajstić information content (AvgIpc) is 2.39. The standard InChI is InChI=1S/C12H26N4O/c1-4-14(5-2)12(17)16-8-6-15(7-9-16)11(3)10-13/h11H,4-10,13H2,1-3H3. The highest BCUT2D eigenvalue weighted by Gasteiger charge is 2.25. The van der Waals surface area contributed by atoms with Gasteiger partial charge in [-0.15, -0.1) is 0 Å². The Morgan fingerprint density at radius 3 is 2.18 bits per heavy atom. The van der Waals surface area contributed by atoms with Crippen molar-refractivity contribution in [2.24, 2.45) is 5.73 Å². The molecule has 0 bridgehead atoms. The molecule has 100 valence electrons. The Kier molecular flexibility index (Phi) is 5.71. The Morgan fingerprint density at radius 1 is 1.24 bits per heavy atom. The summed E-state index contributed by atoms with van der Waals surface area (Å²) in [5.41, 5.74) is 5.66. The summed E-state index contributed by atoms with van der Waals surface area (Å²) in [6.45, 7) is 12.0. The second-order valence-electron chi connectivity index (χ2n) is 4.56. The molecule has 0 saturated carbocycles. The first-order chi connectivity index (χ1) is 8.13. The third-order valence-electron chi connectivity index (χ3n) is 3.58. The van der Waals surface area contributed by atoms with Crippen molar-refractivity contribution in [3.8, 4) is 0 Å². The van der Waals surface area contributed by atoms with Crippen molar-refractivity contribution >= 4 is 6.03 Å². The fraction of sp³-hybridized carbons (Fsp3) is 0.917. The maximum Gasteiger partial charge on any atom is 0.320 e. The molecule has 1 unspecified atom stereocenters. The largest absolute Gasteiger partial charge is 0.329 e. The van der Waals surface area contributed by atoms with Crippen molar-refractivity contribution < 1.29 is 4.79 Å². The molecule has 0 aromatic heterocycles. The Bertz CT molecular complexity index is 235. The highest BCUT2D eigenvalue weighted by Crippen LogP contribution is 2.08. The molecule has 5 heteroatoms. The van der Waals surface area contributed by atoms with E-state index in [-0.39, 0.29) is 6.03 Å². The summed E-state index contributed by atoms with van der Waals surface area (Å²) in [6, 6.07) is 0.593. The van der Waals surface area contributed by atoms with Gasteiger partial charge < -0.3 is 15.5 Å². The third-order valence-corrected chi connectivity index (χ3v) is 3.58. The summed E-state index contributed by atoms with van der Waals surface area (Å²) in [6.07, 6.45) is 0. The summed E-state index contributed by atoms with van der Waals surface area (Å²) in [5.74, 6) is 0. The van der Waals surface area contributed by atoms with E-state index in [2.05, 4.69) is 11.8 Å². The zero-order chi connectivity index (χ0) is 12.8. The minimum atomic E-state index is 0.176. The average molecular weight is 242 g/mol. The molecule has 0 aromatic carbocycles. The first-order valence-corrected chi connectivity index (χ1v) is 6.61. The van der Waals surface area contributed by atoms with E-state index >= 15 is 0 Å².